The van der Waals surface area contributed by atoms with Gasteiger partial charge in [-0.05, 0) is 66.1 Å². The third-order valence-electron chi connectivity index (χ3n) is 6.56. The van der Waals surface area contributed by atoms with Crippen molar-refractivity contribution in [1.29, 1.82) is 0 Å². The fraction of sp³-hybridized carbons (Fsp3) is 0.290. The van der Waals surface area contributed by atoms with E-state index in [4.69, 9.17) is 37.4 Å². The van der Waals surface area contributed by atoms with Crippen molar-refractivity contribution in [3.8, 4) is 5.75 Å². The minimum atomic E-state index is -0.251. The standard InChI is InChI=1S/C25H28N4O3.C6H4Cl2/c1-2-9-27-22(4-1)5-3-11-28-12-8-20-14-23(7-6-21(20)15-28)30-17-24-18-31-25(32-24)16-29-13-10-26-19-29;7-5-2-1-3-6(8)4-5/h1-7,9-10,13-14,19,24-25H,8,11-12,15-18H2;1-4H/b5-3+;. The monoisotopic (exact) mass is 578 g/mol. The van der Waals surface area contributed by atoms with E-state index in [0.29, 0.717) is 29.8 Å². The quantitative estimate of drug-likeness (QED) is 0.249. The van der Waals surface area contributed by atoms with Gasteiger partial charge in [0.1, 0.15) is 18.5 Å². The van der Waals surface area contributed by atoms with Crippen LogP contribution in [0.4, 0.5) is 0 Å². The number of fused-ring (bicyclic) bond motifs is 1. The first-order chi connectivity index (χ1) is 19.6. The second-order valence-corrected chi connectivity index (χ2v) is 10.5. The fourth-order valence-electron chi connectivity index (χ4n) is 4.54. The average molecular weight is 580 g/mol. The number of benzene rings is 2. The predicted octanol–water partition coefficient (Wildman–Crippen LogP) is 6.16. The minimum Gasteiger partial charge on any atom is -0.491 e. The van der Waals surface area contributed by atoms with Crippen LogP contribution in [0.25, 0.3) is 6.08 Å². The molecule has 208 valence electrons. The molecule has 0 amide bonds. The molecule has 4 heterocycles. The summed E-state index contributed by atoms with van der Waals surface area (Å²) in [6, 6.07) is 19.5. The van der Waals surface area contributed by atoms with Gasteiger partial charge in [-0.2, -0.15) is 0 Å². The van der Waals surface area contributed by atoms with Crippen LogP contribution in [0.5, 0.6) is 5.75 Å². The second kappa shape index (κ2) is 14.4. The van der Waals surface area contributed by atoms with E-state index in [0.717, 1.165) is 37.5 Å². The molecule has 2 unspecified atom stereocenters. The third-order valence-corrected chi connectivity index (χ3v) is 7.03. The van der Waals surface area contributed by atoms with Crippen molar-refractivity contribution < 1.29 is 14.2 Å². The molecule has 9 heteroatoms. The lowest BCUT2D eigenvalue weighted by molar-refractivity contribution is -0.0726. The molecule has 0 radical (unpaired) electrons. The number of imidazole rings is 1. The van der Waals surface area contributed by atoms with Gasteiger partial charge in [0.2, 0.25) is 0 Å². The molecule has 0 bridgehead atoms. The van der Waals surface area contributed by atoms with Crippen LogP contribution in [0.3, 0.4) is 0 Å². The van der Waals surface area contributed by atoms with Crippen LogP contribution >= 0.6 is 23.2 Å². The maximum Gasteiger partial charge on any atom is 0.176 e. The summed E-state index contributed by atoms with van der Waals surface area (Å²) in [7, 11) is 0. The van der Waals surface area contributed by atoms with E-state index in [9.17, 15) is 0 Å². The molecule has 7 nitrogen and oxygen atoms in total. The Labute approximate surface area is 244 Å². The smallest absolute Gasteiger partial charge is 0.176 e. The van der Waals surface area contributed by atoms with Gasteiger partial charge >= 0.3 is 0 Å². The SMILES string of the molecule is C(=C\c1ccccn1)/CN1CCc2cc(OCC3COC(Cn4ccnc4)O3)ccc2C1.Clc1cccc(Cl)c1. The highest BCUT2D eigenvalue weighted by Crippen LogP contribution is 2.25. The van der Waals surface area contributed by atoms with Crippen molar-refractivity contribution in [1.82, 2.24) is 19.4 Å². The van der Waals surface area contributed by atoms with Crippen LogP contribution in [0.1, 0.15) is 16.8 Å². The topological polar surface area (TPSA) is 61.6 Å². The Morgan fingerprint density at radius 3 is 2.65 bits per heavy atom. The lowest BCUT2D eigenvalue weighted by Gasteiger charge is -2.28. The predicted molar refractivity (Wildman–Crippen MR) is 157 cm³/mol. The molecule has 0 aliphatic carbocycles. The first-order valence-corrected chi connectivity index (χ1v) is 14.0. The molecule has 0 saturated carbocycles. The van der Waals surface area contributed by atoms with Crippen LogP contribution in [0.15, 0.2) is 91.7 Å². The Morgan fingerprint density at radius 1 is 1.00 bits per heavy atom. The Hall–Kier alpha value is -3.20. The zero-order valence-electron chi connectivity index (χ0n) is 22.1. The molecular weight excluding hydrogens is 547 g/mol. The number of halogens is 2. The van der Waals surface area contributed by atoms with Crippen molar-refractivity contribution in [2.45, 2.75) is 31.9 Å². The lowest BCUT2D eigenvalue weighted by atomic mass is 9.99. The van der Waals surface area contributed by atoms with Gasteiger partial charge in [-0.1, -0.05) is 47.5 Å². The highest BCUT2D eigenvalue weighted by Gasteiger charge is 2.27. The van der Waals surface area contributed by atoms with Gasteiger partial charge < -0.3 is 18.8 Å². The minimum absolute atomic E-state index is 0.0547. The van der Waals surface area contributed by atoms with E-state index in [2.05, 4.69) is 45.2 Å². The Bertz CT molecular complexity index is 1350. The molecule has 1 saturated heterocycles. The van der Waals surface area contributed by atoms with E-state index in [-0.39, 0.29) is 12.4 Å². The van der Waals surface area contributed by atoms with Crippen LogP contribution in [0.2, 0.25) is 10.0 Å². The molecule has 40 heavy (non-hydrogen) atoms. The molecule has 2 aromatic heterocycles. The summed E-state index contributed by atoms with van der Waals surface area (Å²) in [6.07, 6.45) is 12.2. The van der Waals surface area contributed by atoms with Gasteiger partial charge in [-0.3, -0.25) is 9.88 Å². The Balaban J connectivity index is 0.000000348. The van der Waals surface area contributed by atoms with Gasteiger partial charge in [0.25, 0.3) is 0 Å². The van der Waals surface area contributed by atoms with Crippen molar-refractivity contribution in [3.63, 3.8) is 0 Å². The van der Waals surface area contributed by atoms with E-state index in [1.165, 1.54) is 11.1 Å². The summed E-state index contributed by atoms with van der Waals surface area (Å²) in [6.45, 7) is 4.60. The summed E-state index contributed by atoms with van der Waals surface area (Å²) in [5, 5.41) is 1.36. The largest absolute Gasteiger partial charge is 0.491 e. The third kappa shape index (κ3) is 8.65. The van der Waals surface area contributed by atoms with Gasteiger partial charge in [-0.25, -0.2) is 4.98 Å². The van der Waals surface area contributed by atoms with Crippen molar-refractivity contribution in [3.05, 3.63) is 119 Å². The number of hydrogen-bond acceptors (Lipinski definition) is 6. The van der Waals surface area contributed by atoms with E-state index in [1.54, 1.807) is 30.7 Å². The Kier molecular flexibility index (Phi) is 10.2. The molecule has 0 spiro atoms. The van der Waals surface area contributed by atoms with Crippen LogP contribution < -0.4 is 4.74 Å². The molecule has 2 aliphatic rings. The average Bonchev–Trinajstić information content (AvgIpc) is 3.65. The zero-order valence-corrected chi connectivity index (χ0v) is 23.6. The number of ether oxygens (including phenoxy) is 3. The summed E-state index contributed by atoms with van der Waals surface area (Å²) in [5.41, 5.74) is 3.74. The highest BCUT2D eigenvalue weighted by atomic mass is 35.5. The second-order valence-electron chi connectivity index (χ2n) is 9.60. The first kappa shape index (κ1) is 28.3. The number of pyridine rings is 1. The van der Waals surface area contributed by atoms with Crippen LogP contribution in [0, 0.1) is 0 Å². The normalized spacial score (nSPS) is 18.8. The molecule has 2 aromatic carbocycles. The first-order valence-electron chi connectivity index (χ1n) is 13.3. The summed E-state index contributed by atoms with van der Waals surface area (Å²) >= 11 is 11.1. The van der Waals surface area contributed by atoms with Crippen molar-refractivity contribution in [2.75, 3.05) is 26.3 Å². The van der Waals surface area contributed by atoms with Crippen LogP contribution in [-0.4, -0.2) is 58.1 Å². The number of nitrogens with zero attached hydrogens (tertiary/aromatic N) is 4. The van der Waals surface area contributed by atoms with Crippen molar-refractivity contribution in [2.24, 2.45) is 0 Å². The molecule has 6 rings (SSSR count). The fourth-order valence-corrected chi connectivity index (χ4v) is 4.97. The molecule has 0 N–H and O–H groups in total. The van der Waals surface area contributed by atoms with Gasteiger partial charge in [0, 0.05) is 48.3 Å². The molecule has 2 aliphatic heterocycles. The zero-order chi connectivity index (χ0) is 27.6. The maximum atomic E-state index is 6.02. The number of rotatable bonds is 8. The summed E-state index contributed by atoms with van der Waals surface area (Å²) in [4.78, 5) is 10.8. The van der Waals surface area contributed by atoms with E-state index in [1.807, 2.05) is 41.2 Å². The number of aromatic nitrogens is 3. The molecule has 4 aromatic rings. The van der Waals surface area contributed by atoms with Gasteiger partial charge in [-0.15, -0.1) is 0 Å². The maximum absolute atomic E-state index is 6.02. The molecular formula is C31H32Cl2N4O3. The number of hydrogen-bond donors (Lipinski definition) is 0. The lowest BCUT2D eigenvalue weighted by Crippen LogP contribution is -2.30. The van der Waals surface area contributed by atoms with E-state index < -0.39 is 0 Å². The van der Waals surface area contributed by atoms with E-state index >= 15 is 0 Å². The van der Waals surface area contributed by atoms with Crippen LogP contribution in [-0.2, 0) is 29.0 Å². The summed E-state index contributed by atoms with van der Waals surface area (Å²) < 4.78 is 19.6. The molecule has 1 fully saturated rings. The van der Waals surface area contributed by atoms with Gasteiger partial charge in [0.05, 0.1) is 25.2 Å². The van der Waals surface area contributed by atoms with Crippen molar-refractivity contribution >= 4 is 29.3 Å². The summed E-state index contributed by atoms with van der Waals surface area (Å²) in [5.74, 6) is 0.897. The Morgan fingerprint density at radius 2 is 1.90 bits per heavy atom. The highest BCUT2D eigenvalue weighted by molar-refractivity contribution is 6.34. The molecule has 2 atom stereocenters. The van der Waals surface area contributed by atoms with Gasteiger partial charge in [0.15, 0.2) is 6.29 Å².